The number of amides is 1. The molecule has 2 rings (SSSR count). The first-order valence-electron chi connectivity index (χ1n) is 10.5. The summed E-state index contributed by atoms with van der Waals surface area (Å²) in [5, 5.41) is 20.5. The summed E-state index contributed by atoms with van der Waals surface area (Å²) in [4.78, 5) is 13.2. The SMILES string of the molecule is CCCCC[C@H](O)/C=C/[C@@H]1[C@H]2CC(/C=C/CCC(=O)N(C)C)=C[C@H]2C[C@H]1O. The van der Waals surface area contributed by atoms with Gasteiger partial charge in [0.25, 0.3) is 0 Å². The van der Waals surface area contributed by atoms with Gasteiger partial charge in [-0.15, -0.1) is 0 Å². The van der Waals surface area contributed by atoms with E-state index in [0.717, 1.165) is 44.9 Å². The highest BCUT2D eigenvalue weighted by Gasteiger charge is 2.42. The molecule has 0 aromatic carbocycles. The van der Waals surface area contributed by atoms with Gasteiger partial charge in [-0.3, -0.25) is 4.79 Å². The molecular formula is C23H37NO3. The molecule has 0 aromatic heterocycles. The van der Waals surface area contributed by atoms with Gasteiger partial charge < -0.3 is 15.1 Å². The molecule has 4 heteroatoms. The number of unbranched alkanes of at least 4 members (excludes halogenated alkanes) is 2. The van der Waals surface area contributed by atoms with Gasteiger partial charge in [-0.1, -0.05) is 62.1 Å². The molecular weight excluding hydrogens is 338 g/mol. The lowest BCUT2D eigenvalue weighted by atomic mass is 9.89. The molecule has 0 saturated heterocycles. The van der Waals surface area contributed by atoms with Crippen molar-refractivity contribution in [1.82, 2.24) is 4.90 Å². The topological polar surface area (TPSA) is 60.8 Å². The Kier molecular flexibility index (Phi) is 8.78. The van der Waals surface area contributed by atoms with Crippen molar-refractivity contribution in [2.24, 2.45) is 17.8 Å². The summed E-state index contributed by atoms with van der Waals surface area (Å²) in [6.45, 7) is 2.16. The second-order valence-electron chi connectivity index (χ2n) is 8.33. The minimum atomic E-state index is -0.397. The van der Waals surface area contributed by atoms with E-state index < -0.39 is 6.10 Å². The quantitative estimate of drug-likeness (QED) is 0.450. The van der Waals surface area contributed by atoms with Crippen molar-refractivity contribution >= 4 is 5.91 Å². The van der Waals surface area contributed by atoms with Crippen molar-refractivity contribution in [3.63, 3.8) is 0 Å². The summed E-state index contributed by atoms with van der Waals surface area (Å²) < 4.78 is 0. The summed E-state index contributed by atoms with van der Waals surface area (Å²) in [7, 11) is 3.57. The van der Waals surface area contributed by atoms with Gasteiger partial charge in [0.1, 0.15) is 0 Å². The van der Waals surface area contributed by atoms with Gasteiger partial charge in [-0.05, 0) is 37.5 Å². The van der Waals surface area contributed by atoms with Gasteiger partial charge in [-0.2, -0.15) is 0 Å². The zero-order chi connectivity index (χ0) is 19.8. The van der Waals surface area contributed by atoms with Gasteiger partial charge in [0, 0.05) is 26.4 Å². The third kappa shape index (κ3) is 6.62. The summed E-state index contributed by atoms with van der Waals surface area (Å²) in [5.41, 5.74) is 1.32. The summed E-state index contributed by atoms with van der Waals surface area (Å²) in [5.74, 6) is 1.15. The molecule has 5 atom stereocenters. The number of hydrogen-bond donors (Lipinski definition) is 2. The molecule has 1 fully saturated rings. The zero-order valence-corrected chi connectivity index (χ0v) is 17.2. The number of aliphatic hydroxyl groups excluding tert-OH is 2. The predicted molar refractivity (Wildman–Crippen MR) is 110 cm³/mol. The van der Waals surface area contributed by atoms with E-state index in [2.05, 4.69) is 31.2 Å². The number of carbonyl (C=O) groups is 1. The number of aliphatic hydroxyl groups is 2. The van der Waals surface area contributed by atoms with Crippen LogP contribution in [0.5, 0.6) is 0 Å². The zero-order valence-electron chi connectivity index (χ0n) is 17.2. The standard InChI is InChI=1S/C23H37NO3/c1-4-5-6-10-19(25)12-13-20-21-15-17(14-18(21)16-22(20)26)9-7-8-11-23(27)24(2)3/h7,9,12-14,18-22,25-26H,4-6,8,10-11,15-16H2,1-3H3/b9-7+,13-12+/t18-,19-,20+,21-,22+/m0/s1. The van der Waals surface area contributed by atoms with Crippen LogP contribution < -0.4 is 0 Å². The van der Waals surface area contributed by atoms with Crippen LogP contribution in [0.4, 0.5) is 0 Å². The minimum Gasteiger partial charge on any atom is -0.392 e. The number of allylic oxidation sites excluding steroid dienone is 4. The molecule has 0 aliphatic heterocycles. The van der Waals surface area contributed by atoms with E-state index >= 15 is 0 Å². The molecule has 0 heterocycles. The van der Waals surface area contributed by atoms with E-state index in [1.54, 1.807) is 19.0 Å². The second kappa shape index (κ2) is 10.8. The van der Waals surface area contributed by atoms with E-state index in [4.69, 9.17) is 0 Å². The van der Waals surface area contributed by atoms with E-state index in [1.807, 2.05) is 6.08 Å². The average molecular weight is 376 g/mol. The first-order chi connectivity index (χ1) is 12.9. The van der Waals surface area contributed by atoms with Crippen LogP contribution in [0, 0.1) is 17.8 Å². The van der Waals surface area contributed by atoms with Gasteiger partial charge in [0.2, 0.25) is 5.91 Å². The fraction of sp³-hybridized carbons (Fsp3) is 0.696. The third-order valence-corrected chi connectivity index (χ3v) is 5.92. The molecule has 0 unspecified atom stereocenters. The van der Waals surface area contributed by atoms with Crippen molar-refractivity contribution in [2.45, 2.75) is 70.5 Å². The smallest absolute Gasteiger partial charge is 0.222 e. The summed E-state index contributed by atoms with van der Waals surface area (Å²) in [6, 6.07) is 0. The Morgan fingerprint density at radius 1 is 1.37 bits per heavy atom. The molecule has 0 aromatic rings. The Morgan fingerprint density at radius 3 is 2.85 bits per heavy atom. The van der Waals surface area contributed by atoms with Gasteiger partial charge in [-0.25, -0.2) is 0 Å². The largest absolute Gasteiger partial charge is 0.392 e. The number of carbonyl (C=O) groups excluding carboxylic acids is 1. The Labute approximate surface area is 164 Å². The molecule has 0 bridgehead atoms. The number of rotatable bonds is 10. The van der Waals surface area contributed by atoms with E-state index in [-0.39, 0.29) is 17.9 Å². The van der Waals surface area contributed by atoms with Crippen molar-refractivity contribution in [3.8, 4) is 0 Å². The van der Waals surface area contributed by atoms with Crippen molar-refractivity contribution < 1.29 is 15.0 Å². The van der Waals surface area contributed by atoms with Crippen LogP contribution in [0.2, 0.25) is 0 Å². The minimum absolute atomic E-state index is 0.133. The lowest BCUT2D eigenvalue weighted by molar-refractivity contribution is -0.128. The van der Waals surface area contributed by atoms with Crippen LogP contribution in [-0.4, -0.2) is 47.3 Å². The predicted octanol–water partition coefficient (Wildman–Crippen LogP) is 3.85. The molecule has 4 nitrogen and oxygen atoms in total. The van der Waals surface area contributed by atoms with Crippen LogP contribution in [0.25, 0.3) is 0 Å². The molecule has 1 saturated carbocycles. The monoisotopic (exact) mass is 375 g/mol. The first-order valence-corrected chi connectivity index (χ1v) is 10.5. The van der Waals surface area contributed by atoms with Crippen molar-refractivity contribution in [1.29, 1.82) is 0 Å². The van der Waals surface area contributed by atoms with Crippen LogP contribution >= 0.6 is 0 Å². The number of nitrogens with zero attached hydrogens (tertiary/aromatic N) is 1. The first kappa shape index (κ1) is 21.9. The fourth-order valence-corrected chi connectivity index (χ4v) is 4.29. The Morgan fingerprint density at radius 2 is 2.15 bits per heavy atom. The molecule has 27 heavy (non-hydrogen) atoms. The van der Waals surface area contributed by atoms with Gasteiger partial charge in [0.05, 0.1) is 12.2 Å². The molecule has 2 aliphatic rings. The van der Waals surface area contributed by atoms with Crippen LogP contribution in [0.3, 0.4) is 0 Å². The van der Waals surface area contributed by atoms with Gasteiger partial charge in [0.15, 0.2) is 0 Å². The molecule has 2 aliphatic carbocycles. The third-order valence-electron chi connectivity index (χ3n) is 5.92. The molecule has 0 radical (unpaired) electrons. The highest BCUT2D eigenvalue weighted by atomic mass is 16.3. The van der Waals surface area contributed by atoms with Crippen LogP contribution in [0.1, 0.15) is 58.3 Å². The Balaban J connectivity index is 1.82. The lowest BCUT2D eigenvalue weighted by Gasteiger charge is -2.18. The highest BCUT2D eigenvalue weighted by molar-refractivity contribution is 5.75. The molecule has 0 spiro atoms. The summed E-state index contributed by atoms with van der Waals surface area (Å²) >= 11 is 0. The molecule has 152 valence electrons. The van der Waals surface area contributed by atoms with Gasteiger partial charge >= 0.3 is 0 Å². The fourth-order valence-electron chi connectivity index (χ4n) is 4.29. The van der Waals surface area contributed by atoms with Crippen LogP contribution in [-0.2, 0) is 4.79 Å². The summed E-state index contributed by atoms with van der Waals surface area (Å²) in [6.07, 6.45) is 17.0. The van der Waals surface area contributed by atoms with Crippen LogP contribution in [0.15, 0.2) is 36.0 Å². The maximum absolute atomic E-state index is 11.6. The Bertz CT molecular complexity index is 564. The second-order valence-corrected chi connectivity index (χ2v) is 8.33. The highest BCUT2D eigenvalue weighted by Crippen LogP contribution is 2.47. The lowest BCUT2D eigenvalue weighted by Crippen LogP contribution is -2.20. The maximum atomic E-state index is 11.6. The average Bonchev–Trinajstić information content (AvgIpc) is 3.13. The van der Waals surface area contributed by atoms with E-state index in [1.165, 1.54) is 5.57 Å². The van der Waals surface area contributed by atoms with Crippen molar-refractivity contribution in [2.75, 3.05) is 14.1 Å². The number of hydrogen-bond acceptors (Lipinski definition) is 3. The Hall–Kier alpha value is -1.39. The maximum Gasteiger partial charge on any atom is 0.222 e. The molecule has 2 N–H and O–H groups in total. The van der Waals surface area contributed by atoms with E-state index in [0.29, 0.717) is 18.3 Å². The normalized spacial score (nSPS) is 28.7. The van der Waals surface area contributed by atoms with E-state index in [9.17, 15) is 15.0 Å². The number of fused-ring (bicyclic) bond motifs is 1. The molecule has 1 amide bonds. The van der Waals surface area contributed by atoms with Crippen molar-refractivity contribution in [3.05, 3.63) is 36.0 Å².